The minimum atomic E-state index is -0.505. The van der Waals surface area contributed by atoms with Crippen LogP contribution >= 0.6 is 11.6 Å². The van der Waals surface area contributed by atoms with Gasteiger partial charge in [0.2, 0.25) is 5.91 Å². The number of aromatic nitrogens is 2. The number of methoxy groups -OCH3 is 1. The standard InChI is InChI=1S/C27H29ClFN5O3/c1-36-25-15-21-18(27(31-16-30-21)32-17-8-9-20(29)19(28)13-17)14-22(25)33-26(35)7-4-10-34-11-12-37-24-6-3-2-5-23(24)34/h4,7-9,13-16,23-24H,2-3,5-6,10-12H2,1H3,(H,33,35)(H,30,31,32)/b7-4+. The van der Waals surface area contributed by atoms with Gasteiger partial charge in [0.05, 0.1) is 36.0 Å². The highest BCUT2D eigenvalue weighted by atomic mass is 35.5. The van der Waals surface area contributed by atoms with Gasteiger partial charge in [0.1, 0.15) is 23.7 Å². The first-order chi connectivity index (χ1) is 18.0. The molecule has 2 N–H and O–H groups in total. The van der Waals surface area contributed by atoms with Gasteiger partial charge in [-0.3, -0.25) is 9.69 Å². The number of fused-ring (bicyclic) bond motifs is 2. The van der Waals surface area contributed by atoms with E-state index in [-0.39, 0.29) is 10.9 Å². The summed E-state index contributed by atoms with van der Waals surface area (Å²) in [5.74, 6) is 0.190. The lowest BCUT2D eigenvalue weighted by molar-refractivity contribution is -0.112. The predicted octanol–water partition coefficient (Wildman–Crippen LogP) is 5.31. The van der Waals surface area contributed by atoms with Gasteiger partial charge in [-0.2, -0.15) is 0 Å². The fourth-order valence-corrected chi connectivity index (χ4v) is 5.21. The van der Waals surface area contributed by atoms with E-state index in [1.54, 1.807) is 24.3 Å². The molecule has 0 spiro atoms. The molecule has 5 rings (SSSR count). The summed E-state index contributed by atoms with van der Waals surface area (Å²) < 4.78 is 25.0. The van der Waals surface area contributed by atoms with Crippen LogP contribution in [0.2, 0.25) is 5.02 Å². The first kappa shape index (κ1) is 25.4. The van der Waals surface area contributed by atoms with E-state index in [2.05, 4.69) is 25.5 Å². The van der Waals surface area contributed by atoms with E-state index >= 15 is 0 Å². The molecule has 2 aliphatic rings. The van der Waals surface area contributed by atoms with Crippen molar-refractivity contribution in [3.8, 4) is 5.75 Å². The van der Waals surface area contributed by atoms with Crippen LogP contribution in [0.25, 0.3) is 10.9 Å². The maximum Gasteiger partial charge on any atom is 0.248 e. The number of hydrogen-bond donors (Lipinski definition) is 2. The number of hydrogen-bond acceptors (Lipinski definition) is 7. The Labute approximate surface area is 219 Å². The van der Waals surface area contributed by atoms with Crippen LogP contribution < -0.4 is 15.4 Å². The van der Waals surface area contributed by atoms with E-state index < -0.39 is 5.82 Å². The number of rotatable bonds is 7. The van der Waals surface area contributed by atoms with Crippen LogP contribution in [-0.2, 0) is 9.53 Å². The average Bonchev–Trinajstić information content (AvgIpc) is 2.91. The molecule has 2 aromatic carbocycles. The monoisotopic (exact) mass is 525 g/mol. The third-order valence-electron chi connectivity index (χ3n) is 6.85. The molecule has 1 amide bonds. The first-order valence-electron chi connectivity index (χ1n) is 12.4. The van der Waals surface area contributed by atoms with Gasteiger partial charge in [-0.25, -0.2) is 14.4 Å². The van der Waals surface area contributed by atoms with Crippen LogP contribution in [0.4, 0.5) is 21.6 Å². The molecule has 194 valence electrons. The molecule has 1 saturated carbocycles. The summed E-state index contributed by atoms with van der Waals surface area (Å²) >= 11 is 5.92. The van der Waals surface area contributed by atoms with Crippen LogP contribution in [0.5, 0.6) is 5.75 Å². The number of amides is 1. The summed E-state index contributed by atoms with van der Waals surface area (Å²) in [6, 6.07) is 8.23. The number of morpholine rings is 1. The molecular formula is C27H29ClFN5O3. The number of anilines is 3. The second-order valence-electron chi connectivity index (χ2n) is 9.19. The second-order valence-corrected chi connectivity index (χ2v) is 9.60. The number of ether oxygens (including phenoxy) is 2. The van der Waals surface area contributed by atoms with Crippen molar-refractivity contribution in [2.75, 3.05) is 37.4 Å². The Morgan fingerprint density at radius 1 is 1.27 bits per heavy atom. The Morgan fingerprint density at radius 2 is 2.14 bits per heavy atom. The molecule has 2 fully saturated rings. The van der Waals surface area contributed by atoms with Crippen molar-refractivity contribution in [1.29, 1.82) is 0 Å². The summed E-state index contributed by atoms with van der Waals surface area (Å²) in [5, 5.41) is 6.70. The lowest BCUT2D eigenvalue weighted by Gasteiger charge is -2.43. The summed E-state index contributed by atoms with van der Waals surface area (Å²) in [5.41, 5.74) is 1.67. The van der Waals surface area contributed by atoms with E-state index in [0.717, 1.165) is 26.0 Å². The van der Waals surface area contributed by atoms with Gasteiger partial charge in [-0.15, -0.1) is 0 Å². The number of benzene rings is 2. The van der Waals surface area contributed by atoms with Crippen molar-refractivity contribution in [1.82, 2.24) is 14.9 Å². The Kier molecular flexibility index (Phi) is 7.83. The molecule has 2 heterocycles. The zero-order valence-corrected chi connectivity index (χ0v) is 21.3. The smallest absolute Gasteiger partial charge is 0.248 e. The van der Waals surface area contributed by atoms with Crippen molar-refractivity contribution in [2.24, 2.45) is 0 Å². The zero-order chi connectivity index (χ0) is 25.8. The van der Waals surface area contributed by atoms with Gasteiger partial charge in [0, 0.05) is 42.3 Å². The van der Waals surface area contributed by atoms with Gasteiger partial charge in [0.25, 0.3) is 0 Å². The highest BCUT2D eigenvalue weighted by Gasteiger charge is 2.33. The number of carbonyl (C=O) groups excluding carboxylic acids is 1. The number of nitrogens with zero attached hydrogens (tertiary/aromatic N) is 3. The molecule has 3 aromatic rings. The third-order valence-corrected chi connectivity index (χ3v) is 7.14. The van der Waals surface area contributed by atoms with Gasteiger partial charge in [-0.05, 0) is 37.1 Å². The van der Waals surface area contributed by atoms with Crippen LogP contribution in [0.3, 0.4) is 0 Å². The quantitative estimate of drug-likeness (QED) is 0.404. The van der Waals surface area contributed by atoms with E-state index in [1.165, 1.54) is 38.4 Å². The lowest BCUT2D eigenvalue weighted by Crippen LogP contribution is -2.52. The zero-order valence-electron chi connectivity index (χ0n) is 20.5. The molecule has 1 aliphatic heterocycles. The molecular weight excluding hydrogens is 497 g/mol. The molecule has 37 heavy (non-hydrogen) atoms. The van der Waals surface area contributed by atoms with Crippen LogP contribution in [0.15, 0.2) is 48.8 Å². The molecule has 1 aliphatic carbocycles. The summed E-state index contributed by atoms with van der Waals surface area (Å²) in [7, 11) is 1.53. The average molecular weight is 526 g/mol. The van der Waals surface area contributed by atoms with Crippen molar-refractivity contribution in [2.45, 2.75) is 37.8 Å². The molecule has 10 heteroatoms. The Bertz CT molecular complexity index is 1320. The predicted molar refractivity (Wildman–Crippen MR) is 142 cm³/mol. The topological polar surface area (TPSA) is 88.6 Å². The molecule has 2 atom stereocenters. The molecule has 8 nitrogen and oxygen atoms in total. The highest BCUT2D eigenvalue weighted by Crippen LogP contribution is 2.34. The first-order valence-corrected chi connectivity index (χ1v) is 12.8. The number of halogens is 2. The minimum Gasteiger partial charge on any atom is -0.494 e. The second kappa shape index (κ2) is 11.4. The van der Waals surface area contributed by atoms with Gasteiger partial charge in [-0.1, -0.05) is 30.5 Å². The van der Waals surface area contributed by atoms with Crippen molar-refractivity contribution in [3.63, 3.8) is 0 Å². The minimum absolute atomic E-state index is 0.000794. The fourth-order valence-electron chi connectivity index (χ4n) is 5.03. The van der Waals surface area contributed by atoms with Crippen molar-refractivity contribution >= 4 is 45.6 Å². The summed E-state index contributed by atoms with van der Waals surface area (Å²) in [6.45, 7) is 2.31. The van der Waals surface area contributed by atoms with E-state index in [1.807, 2.05) is 6.08 Å². The molecule has 1 saturated heterocycles. The normalized spacial score (nSPS) is 20.1. The molecule has 0 radical (unpaired) electrons. The van der Waals surface area contributed by atoms with E-state index in [0.29, 0.717) is 52.5 Å². The Morgan fingerprint density at radius 3 is 2.97 bits per heavy atom. The van der Waals surface area contributed by atoms with Crippen LogP contribution in [-0.4, -0.2) is 59.7 Å². The van der Waals surface area contributed by atoms with Crippen LogP contribution in [0.1, 0.15) is 25.7 Å². The lowest BCUT2D eigenvalue weighted by atomic mass is 9.90. The van der Waals surface area contributed by atoms with Gasteiger partial charge in [0.15, 0.2) is 0 Å². The number of carbonyl (C=O) groups is 1. The van der Waals surface area contributed by atoms with Gasteiger partial charge < -0.3 is 20.1 Å². The van der Waals surface area contributed by atoms with Gasteiger partial charge >= 0.3 is 0 Å². The summed E-state index contributed by atoms with van der Waals surface area (Å²) in [6.07, 6.45) is 9.87. The molecule has 2 unspecified atom stereocenters. The molecule has 1 aromatic heterocycles. The Hall–Kier alpha value is -3.27. The highest BCUT2D eigenvalue weighted by molar-refractivity contribution is 6.31. The van der Waals surface area contributed by atoms with Crippen molar-refractivity contribution < 1.29 is 18.7 Å². The number of nitrogens with one attached hydrogen (secondary N) is 2. The van der Waals surface area contributed by atoms with Crippen LogP contribution in [0, 0.1) is 5.82 Å². The van der Waals surface area contributed by atoms with Crippen molar-refractivity contribution in [3.05, 3.63) is 59.7 Å². The fraction of sp³-hybridized carbons (Fsp3) is 0.370. The SMILES string of the molecule is COc1cc2ncnc(Nc3ccc(F)c(Cl)c3)c2cc1NC(=O)/C=C/CN1CCOC2CCCCC21. The van der Waals surface area contributed by atoms with E-state index in [4.69, 9.17) is 21.1 Å². The largest absolute Gasteiger partial charge is 0.494 e. The molecule has 0 bridgehead atoms. The maximum atomic E-state index is 13.6. The van der Waals surface area contributed by atoms with E-state index in [9.17, 15) is 9.18 Å². The summed E-state index contributed by atoms with van der Waals surface area (Å²) in [4.78, 5) is 23.8. The maximum absolute atomic E-state index is 13.6. The Balaban J connectivity index is 1.31. The third kappa shape index (κ3) is 5.84.